The minimum Gasteiger partial charge on any atom is -0.448 e. The predicted molar refractivity (Wildman–Crippen MR) is 72.5 cm³/mol. The molecule has 20 heavy (non-hydrogen) atoms. The smallest absolute Gasteiger partial charge is 0.448 e. The number of carbonyl (C=O) groups excluding carboxylic acids is 1. The largest absolute Gasteiger partial charge is 0.492 e. The molecular weight excluding hydrogens is 272 g/mol. The number of hydrogen-bond donors (Lipinski definition) is 0. The molecule has 0 N–H and O–H groups in total. The van der Waals surface area contributed by atoms with E-state index >= 15 is 0 Å². The summed E-state index contributed by atoms with van der Waals surface area (Å²) in [5, 5.41) is 0. The van der Waals surface area contributed by atoms with Gasteiger partial charge in [-0.05, 0) is 33.6 Å². The Bertz CT molecular complexity index is 345. The van der Waals surface area contributed by atoms with Crippen molar-refractivity contribution in [3.05, 3.63) is 0 Å². The summed E-state index contributed by atoms with van der Waals surface area (Å²) >= 11 is 0. The van der Waals surface area contributed by atoms with Crippen molar-refractivity contribution >= 4 is 13.1 Å². The third kappa shape index (κ3) is 5.60. The molecule has 1 saturated heterocycles. The van der Waals surface area contributed by atoms with Crippen LogP contribution in [0.2, 0.25) is 0 Å². The van der Waals surface area contributed by atoms with Crippen LogP contribution in [0.5, 0.6) is 0 Å². The summed E-state index contributed by atoms with van der Waals surface area (Å²) in [6.07, 6.45) is -0.694. The normalized spacial score (nSPS) is 21.9. The van der Waals surface area contributed by atoms with Gasteiger partial charge in [-0.25, -0.2) is 4.79 Å². The molecule has 1 atom stereocenters. The van der Waals surface area contributed by atoms with Gasteiger partial charge in [-0.1, -0.05) is 6.92 Å². The number of carbonyl (C=O) groups is 1. The number of amides is 1. The van der Waals surface area contributed by atoms with Gasteiger partial charge in [0.25, 0.3) is 0 Å². The molecule has 1 aliphatic heterocycles. The minimum absolute atomic E-state index is 0.225. The third-order valence-corrected chi connectivity index (χ3v) is 3.13. The van der Waals surface area contributed by atoms with Crippen LogP contribution in [-0.2, 0) is 4.74 Å². The Labute approximate surface area is 118 Å². The monoisotopic (exact) mass is 295 g/mol. The zero-order valence-corrected chi connectivity index (χ0v) is 12.5. The summed E-state index contributed by atoms with van der Waals surface area (Å²) in [7, 11) is 0. The zero-order valence-electron chi connectivity index (χ0n) is 12.5. The number of hydrogen-bond acceptors (Lipinski definition) is 3. The Morgan fingerprint density at radius 3 is 2.35 bits per heavy atom. The fourth-order valence-electron chi connectivity index (χ4n) is 2.29. The van der Waals surface area contributed by atoms with E-state index in [1.54, 1.807) is 25.7 Å². The number of rotatable bonds is 3. The van der Waals surface area contributed by atoms with Crippen LogP contribution in [-0.4, -0.2) is 60.6 Å². The lowest BCUT2D eigenvalue weighted by molar-refractivity contribution is -0.000693. The van der Waals surface area contributed by atoms with Crippen LogP contribution in [0, 0.1) is 0 Å². The van der Waals surface area contributed by atoms with Gasteiger partial charge in [0.05, 0.1) is 0 Å². The maximum atomic E-state index is 12.5. The van der Waals surface area contributed by atoms with Gasteiger partial charge in [0.15, 0.2) is 0 Å². The van der Waals surface area contributed by atoms with Gasteiger partial charge in [0, 0.05) is 25.7 Å². The highest BCUT2D eigenvalue weighted by Crippen LogP contribution is 2.19. The average Bonchev–Trinajstić information content (AvgIpc) is 2.24. The first-order valence-electron chi connectivity index (χ1n) is 6.95. The van der Waals surface area contributed by atoms with E-state index in [-0.39, 0.29) is 25.7 Å². The van der Waals surface area contributed by atoms with Crippen LogP contribution in [0.4, 0.5) is 17.7 Å². The predicted octanol–water partition coefficient (Wildman–Crippen LogP) is 2.70. The second kappa shape index (κ2) is 6.24. The van der Waals surface area contributed by atoms with E-state index in [2.05, 4.69) is 0 Å². The first-order chi connectivity index (χ1) is 9.02. The van der Waals surface area contributed by atoms with Crippen LogP contribution in [0.1, 0.15) is 34.1 Å². The summed E-state index contributed by atoms with van der Waals surface area (Å²) in [6, 6.07) is -0.225. The quantitative estimate of drug-likeness (QED) is 0.750. The minimum atomic E-state index is -4.82. The molecule has 0 unspecified atom stereocenters. The Morgan fingerprint density at radius 1 is 1.30 bits per heavy atom. The molecule has 0 aliphatic carbocycles. The highest BCUT2D eigenvalue weighted by atomic mass is 19.4. The molecule has 0 aromatic heterocycles. The second-order valence-corrected chi connectivity index (χ2v) is 6.21. The first kappa shape index (κ1) is 17.1. The van der Waals surface area contributed by atoms with Crippen LogP contribution in [0.15, 0.2) is 0 Å². The van der Waals surface area contributed by atoms with Crippen molar-refractivity contribution in [1.29, 1.82) is 0 Å². The van der Waals surface area contributed by atoms with Gasteiger partial charge >= 0.3 is 13.1 Å². The highest BCUT2D eigenvalue weighted by Gasteiger charge is 2.35. The van der Waals surface area contributed by atoms with Crippen molar-refractivity contribution < 1.29 is 22.5 Å². The van der Waals surface area contributed by atoms with Gasteiger partial charge in [-0.15, -0.1) is 0 Å². The van der Waals surface area contributed by atoms with E-state index in [1.165, 1.54) is 4.90 Å². The van der Waals surface area contributed by atoms with Crippen molar-refractivity contribution in [2.75, 3.05) is 26.1 Å². The zero-order chi connectivity index (χ0) is 15.6. The molecule has 1 rings (SSSR count). The topological polar surface area (TPSA) is 32.8 Å². The highest BCUT2D eigenvalue weighted by molar-refractivity contribution is 6.58. The van der Waals surface area contributed by atoms with Crippen molar-refractivity contribution in [2.45, 2.75) is 45.8 Å². The number of halogens is 3. The van der Waals surface area contributed by atoms with Gasteiger partial charge in [-0.3, -0.25) is 0 Å². The van der Waals surface area contributed by atoms with Crippen LogP contribution in [0.3, 0.4) is 0 Å². The maximum Gasteiger partial charge on any atom is 0.492 e. The molecule has 1 amide bonds. The Kier molecular flexibility index (Phi) is 5.35. The van der Waals surface area contributed by atoms with E-state index in [4.69, 9.17) is 4.74 Å². The molecule has 0 saturated carbocycles. The van der Waals surface area contributed by atoms with Crippen LogP contribution >= 0.6 is 0 Å². The number of piperazine rings is 1. The van der Waals surface area contributed by atoms with Crippen molar-refractivity contribution in [1.82, 2.24) is 9.80 Å². The van der Waals surface area contributed by atoms with Crippen molar-refractivity contribution in [3.8, 4) is 0 Å². The van der Waals surface area contributed by atoms with Crippen molar-refractivity contribution in [2.24, 2.45) is 0 Å². The molecule has 118 valence electrons. The van der Waals surface area contributed by atoms with E-state index in [9.17, 15) is 17.7 Å². The summed E-state index contributed by atoms with van der Waals surface area (Å²) in [4.78, 5) is 15.0. The van der Waals surface area contributed by atoms with Crippen LogP contribution in [0.25, 0.3) is 0 Å². The SMILES string of the molecule is CC[C@H]1CN(C[B-](F)(F)F)CCN1C(=O)OC(C)(C)C. The lowest BCUT2D eigenvalue weighted by Gasteiger charge is -2.42. The van der Waals surface area contributed by atoms with Crippen LogP contribution < -0.4 is 0 Å². The third-order valence-electron chi connectivity index (χ3n) is 3.13. The Hall–Kier alpha value is -0.915. The molecule has 4 nitrogen and oxygen atoms in total. The number of nitrogens with zero attached hydrogens (tertiary/aromatic N) is 2. The van der Waals surface area contributed by atoms with Crippen molar-refractivity contribution in [3.63, 3.8) is 0 Å². The molecule has 0 aromatic rings. The molecule has 0 radical (unpaired) electrons. The first-order valence-corrected chi connectivity index (χ1v) is 6.95. The molecule has 1 fully saturated rings. The molecule has 1 heterocycles. The van der Waals surface area contributed by atoms with Gasteiger partial charge in [-0.2, -0.15) is 0 Å². The molecule has 0 spiro atoms. The second-order valence-electron chi connectivity index (χ2n) is 6.21. The molecule has 0 aromatic carbocycles. The Balaban J connectivity index is 2.62. The summed E-state index contributed by atoms with van der Waals surface area (Å²) in [5.41, 5.74) is -0.596. The van der Waals surface area contributed by atoms with E-state index < -0.39 is 25.1 Å². The lowest BCUT2D eigenvalue weighted by Crippen LogP contribution is -2.57. The summed E-state index contributed by atoms with van der Waals surface area (Å²) < 4.78 is 42.7. The molecular formula is C12H23BF3N2O2-. The lowest BCUT2D eigenvalue weighted by atomic mass is 9.90. The van der Waals surface area contributed by atoms with Gasteiger partial charge in [0.1, 0.15) is 5.60 Å². The van der Waals surface area contributed by atoms with E-state index in [0.29, 0.717) is 6.42 Å². The van der Waals surface area contributed by atoms with E-state index in [0.717, 1.165) is 0 Å². The Morgan fingerprint density at radius 2 is 1.90 bits per heavy atom. The molecule has 0 bridgehead atoms. The maximum absolute atomic E-state index is 12.5. The summed E-state index contributed by atoms with van der Waals surface area (Å²) in [6.45, 7) is 3.12. The molecule has 1 aliphatic rings. The van der Waals surface area contributed by atoms with Gasteiger partial charge < -0.3 is 27.5 Å². The average molecular weight is 295 g/mol. The fourth-order valence-corrected chi connectivity index (χ4v) is 2.29. The van der Waals surface area contributed by atoms with E-state index in [1.807, 2.05) is 6.92 Å². The number of ether oxygens (including phenoxy) is 1. The molecule has 8 heteroatoms. The summed E-state index contributed by atoms with van der Waals surface area (Å²) in [5.74, 6) is 0. The fraction of sp³-hybridized carbons (Fsp3) is 0.917. The van der Waals surface area contributed by atoms with Gasteiger partial charge in [0.2, 0.25) is 0 Å². The standard InChI is InChI=1S/C12H23BF3N2O2/c1-5-10-8-17(9-13(14,15)16)6-7-18(10)11(19)20-12(2,3)4/h10H,5-9H2,1-4H3/q-1/t10-/m0/s1.